The highest BCUT2D eigenvalue weighted by Crippen LogP contribution is 2.30. The smallest absolute Gasteiger partial charge is 0.329 e. The van der Waals surface area contributed by atoms with Gasteiger partial charge in [-0.2, -0.15) is 0 Å². The Balaban J connectivity index is 3.14. The van der Waals surface area contributed by atoms with Crippen molar-refractivity contribution in [3.05, 3.63) is 28.2 Å². The van der Waals surface area contributed by atoms with Gasteiger partial charge in [0.2, 0.25) is 6.41 Å². The summed E-state index contributed by atoms with van der Waals surface area (Å²) in [4.78, 5) is 21.3. The zero-order chi connectivity index (χ0) is 13.7. The van der Waals surface area contributed by atoms with Crippen LogP contribution in [0.15, 0.2) is 22.7 Å². The van der Waals surface area contributed by atoms with Crippen molar-refractivity contribution in [1.29, 1.82) is 0 Å². The van der Waals surface area contributed by atoms with E-state index in [0.29, 0.717) is 10.2 Å². The molecule has 0 radical (unpaired) electrons. The lowest BCUT2D eigenvalue weighted by molar-refractivity contribution is -0.143. The Kier molecular flexibility index (Phi) is 5.11. The Labute approximate surface area is 112 Å². The molecular formula is C11H12BrNO5. The molecule has 0 aliphatic carbocycles. The molecule has 1 aromatic carbocycles. The first-order valence-corrected chi connectivity index (χ1v) is 5.74. The normalized spacial score (nSPS) is 13.5. The number of aliphatic hydroxyl groups is 1. The van der Waals surface area contributed by atoms with E-state index in [2.05, 4.69) is 21.2 Å². The molecule has 7 heteroatoms. The number of ether oxygens (including phenoxy) is 1. The van der Waals surface area contributed by atoms with E-state index in [0.717, 1.165) is 0 Å². The number of carbonyl (C=O) groups is 2. The summed E-state index contributed by atoms with van der Waals surface area (Å²) in [7, 11) is 1.41. The van der Waals surface area contributed by atoms with Gasteiger partial charge in [0.25, 0.3) is 0 Å². The predicted octanol–water partition coefficient (Wildman–Crippen LogP) is 0.690. The second kappa shape index (κ2) is 6.36. The van der Waals surface area contributed by atoms with Gasteiger partial charge in [-0.3, -0.25) is 4.79 Å². The maximum atomic E-state index is 11.0. The number of benzene rings is 1. The highest BCUT2D eigenvalue weighted by Gasteiger charge is 2.29. The van der Waals surface area contributed by atoms with Crippen molar-refractivity contribution in [1.82, 2.24) is 5.32 Å². The summed E-state index contributed by atoms with van der Waals surface area (Å²) in [5, 5.41) is 21.0. The van der Waals surface area contributed by atoms with Crippen LogP contribution in [0.4, 0.5) is 0 Å². The van der Waals surface area contributed by atoms with Crippen molar-refractivity contribution < 1.29 is 24.5 Å². The molecule has 0 bridgehead atoms. The number of amides is 1. The SMILES string of the molecule is COc1ccc(Br)cc1C(O)C(NC=O)C(=O)O. The van der Waals surface area contributed by atoms with Crippen molar-refractivity contribution in [3.8, 4) is 5.75 Å². The molecule has 1 amide bonds. The van der Waals surface area contributed by atoms with Crippen molar-refractivity contribution in [2.75, 3.05) is 7.11 Å². The third kappa shape index (κ3) is 3.21. The molecule has 18 heavy (non-hydrogen) atoms. The number of aliphatic hydroxyl groups excluding tert-OH is 1. The molecule has 0 heterocycles. The Morgan fingerprint density at radius 2 is 2.22 bits per heavy atom. The fourth-order valence-corrected chi connectivity index (χ4v) is 1.87. The molecule has 0 aromatic heterocycles. The molecule has 1 aromatic rings. The lowest BCUT2D eigenvalue weighted by atomic mass is 10.0. The van der Waals surface area contributed by atoms with Gasteiger partial charge in [-0.1, -0.05) is 15.9 Å². The van der Waals surface area contributed by atoms with Crippen molar-refractivity contribution >= 4 is 28.3 Å². The van der Waals surface area contributed by atoms with Gasteiger partial charge in [0.1, 0.15) is 11.9 Å². The summed E-state index contributed by atoms with van der Waals surface area (Å²) in [6.07, 6.45) is -1.19. The second-order valence-electron chi connectivity index (χ2n) is 3.43. The fourth-order valence-electron chi connectivity index (χ4n) is 1.49. The molecule has 2 unspecified atom stereocenters. The first-order chi connectivity index (χ1) is 8.51. The van der Waals surface area contributed by atoms with Crippen molar-refractivity contribution in [2.45, 2.75) is 12.1 Å². The summed E-state index contributed by atoms with van der Waals surface area (Å²) in [5.74, 6) is -0.999. The Morgan fingerprint density at radius 1 is 1.56 bits per heavy atom. The van der Waals surface area contributed by atoms with Crippen LogP contribution in [0.5, 0.6) is 5.75 Å². The quantitative estimate of drug-likeness (QED) is 0.671. The van der Waals surface area contributed by atoms with Gasteiger partial charge in [0.05, 0.1) is 7.11 Å². The topological polar surface area (TPSA) is 95.9 Å². The molecule has 2 atom stereocenters. The molecule has 3 N–H and O–H groups in total. The van der Waals surface area contributed by atoms with Crippen LogP contribution in [0.3, 0.4) is 0 Å². The number of hydrogen-bond acceptors (Lipinski definition) is 4. The monoisotopic (exact) mass is 317 g/mol. The minimum atomic E-state index is -1.44. The van der Waals surface area contributed by atoms with Crippen LogP contribution >= 0.6 is 15.9 Å². The summed E-state index contributed by atoms with van der Waals surface area (Å²) in [5.41, 5.74) is 0.272. The largest absolute Gasteiger partial charge is 0.496 e. The number of halogens is 1. The van der Waals surface area contributed by atoms with E-state index in [-0.39, 0.29) is 12.0 Å². The predicted molar refractivity (Wildman–Crippen MR) is 66.3 cm³/mol. The second-order valence-corrected chi connectivity index (χ2v) is 4.35. The van der Waals surface area contributed by atoms with E-state index < -0.39 is 18.1 Å². The standard InChI is InChI=1S/C11H12BrNO5/c1-18-8-3-2-6(12)4-7(8)10(15)9(11(16)17)13-5-14/h2-5,9-10,15H,1H3,(H,13,14)(H,16,17). The number of aliphatic carboxylic acids is 1. The molecule has 98 valence electrons. The molecule has 1 rings (SSSR count). The number of carboxylic acids is 1. The van der Waals surface area contributed by atoms with Gasteiger partial charge in [-0.15, -0.1) is 0 Å². The molecule has 0 fully saturated rings. The first kappa shape index (κ1) is 14.5. The van der Waals surface area contributed by atoms with Gasteiger partial charge in [0, 0.05) is 10.0 Å². The average Bonchev–Trinajstić information content (AvgIpc) is 2.34. The van der Waals surface area contributed by atoms with Crippen LogP contribution in [0.2, 0.25) is 0 Å². The van der Waals surface area contributed by atoms with Crippen LogP contribution in [-0.4, -0.2) is 35.7 Å². The zero-order valence-corrected chi connectivity index (χ0v) is 11.0. The molecule has 0 spiro atoms. The van der Waals surface area contributed by atoms with Gasteiger partial charge >= 0.3 is 5.97 Å². The highest BCUT2D eigenvalue weighted by molar-refractivity contribution is 9.10. The van der Waals surface area contributed by atoms with Crippen LogP contribution in [-0.2, 0) is 9.59 Å². The van der Waals surface area contributed by atoms with E-state index in [1.165, 1.54) is 13.2 Å². The van der Waals surface area contributed by atoms with Gasteiger partial charge in [-0.05, 0) is 18.2 Å². The van der Waals surface area contributed by atoms with Crippen LogP contribution in [0, 0.1) is 0 Å². The molecule has 0 aliphatic heterocycles. The zero-order valence-electron chi connectivity index (χ0n) is 9.46. The Morgan fingerprint density at radius 3 is 2.72 bits per heavy atom. The van der Waals surface area contributed by atoms with E-state index >= 15 is 0 Å². The minimum Gasteiger partial charge on any atom is -0.496 e. The number of carboxylic acid groups (broad SMARTS) is 1. The molecule has 0 saturated carbocycles. The fraction of sp³-hybridized carbons (Fsp3) is 0.273. The molecule has 0 aliphatic rings. The van der Waals surface area contributed by atoms with E-state index in [1.807, 2.05) is 0 Å². The van der Waals surface area contributed by atoms with Crippen LogP contribution < -0.4 is 10.1 Å². The van der Waals surface area contributed by atoms with E-state index in [1.54, 1.807) is 12.1 Å². The van der Waals surface area contributed by atoms with Crippen molar-refractivity contribution in [2.24, 2.45) is 0 Å². The Hall–Kier alpha value is -1.60. The summed E-state index contributed by atoms with van der Waals surface area (Å²) in [6, 6.07) is 3.37. The van der Waals surface area contributed by atoms with Gasteiger partial charge in [-0.25, -0.2) is 4.79 Å². The number of hydrogen-bond donors (Lipinski definition) is 3. The minimum absolute atomic E-state index is 0.229. The number of rotatable bonds is 6. The summed E-state index contributed by atoms with van der Waals surface area (Å²) >= 11 is 3.21. The highest BCUT2D eigenvalue weighted by atomic mass is 79.9. The lowest BCUT2D eigenvalue weighted by Crippen LogP contribution is -2.41. The lowest BCUT2D eigenvalue weighted by Gasteiger charge is -2.20. The Bertz CT molecular complexity index is 451. The number of nitrogens with one attached hydrogen (secondary N) is 1. The third-order valence-corrected chi connectivity index (χ3v) is 2.83. The summed E-state index contributed by atoms with van der Waals surface area (Å²) < 4.78 is 5.70. The van der Waals surface area contributed by atoms with Crippen molar-refractivity contribution in [3.63, 3.8) is 0 Å². The average molecular weight is 318 g/mol. The number of carbonyl (C=O) groups excluding carboxylic acids is 1. The van der Waals surface area contributed by atoms with E-state index in [9.17, 15) is 14.7 Å². The van der Waals surface area contributed by atoms with Crippen LogP contribution in [0.1, 0.15) is 11.7 Å². The number of methoxy groups -OCH3 is 1. The maximum absolute atomic E-state index is 11.0. The third-order valence-electron chi connectivity index (χ3n) is 2.34. The first-order valence-electron chi connectivity index (χ1n) is 4.95. The molecule has 0 saturated heterocycles. The van der Waals surface area contributed by atoms with Gasteiger partial charge < -0.3 is 20.3 Å². The van der Waals surface area contributed by atoms with E-state index in [4.69, 9.17) is 9.84 Å². The van der Waals surface area contributed by atoms with Crippen LogP contribution in [0.25, 0.3) is 0 Å². The van der Waals surface area contributed by atoms with Gasteiger partial charge in [0.15, 0.2) is 6.04 Å². The molecular weight excluding hydrogens is 306 g/mol. The maximum Gasteiger partial charge on any atom is 0.329 e. The molecule has 6 nitrogen and oxygen atoms in total. The summed E-state index contributed by atoms with van der Waals surface area (Å²) in [6.45, 7) is 0.